The van der Waals surface area contributed by atoms with Crippen LogP contribution in [0.2, 0.25) is 0 Å². The van der Waals surface area contributed by atoms with Crippen molar-refractivity contribution in [3.05, 3.63) is 0 Å². The number of hydrogen-bond acceptors (Lipinski definition) is 0. The van der Waals surface area contributed by atoms with Crippen molar-refractivity contribution in [1.29, 1.82) is 0 Å². The fourth-order valence-electron chi connectivity index (χ4n) is 4.30. The zero-order valence-corrected chi connectivity index (χ0v) is 9.92. The first-order valence-electron chi connectivity index (χ1n) is 6.54. The maximum atomic E-state index is 2.39. The van der Waals surface area contributed by atoms with Crippen molar-refractivity contribution >= 4 is 0 Å². The van der Waals surface area contributed by atoms with E-state index in [1.54, 1.807) is 19.3 Å². The monoisotopic (exact) mass is 192 g/mol. The second-order valence-corrected chi connectivity index (χ2v) is 7.32. The van der Waals surface area contributed by atoms with E-state index in [-0.39, 0.29) is 0 Å². The summed E-state index contributed by atoms with van der Waals surface area (Å²) < 4.78 is 0. The Bertz CT molecular complexity index is 235. The Labute approximate surface area is 88.5 Å². The van der Waals surface area contributed by atoms with Crippen molar-refractivity contribution in [2.45, 2.75) is 52.9 Å². The first-order chi connectivity index (χ1) is 6.54. The van der Waals surface area contributed by atoms with Crippen molar-refractivity contribution < 1.29 is 0 Å². The molecular weight excluding hydrogens is 168 g/mol. The molecule has 14 heavy (non-hydrogen) atoms. The summed E-state index contributed by atoms with van der Waals surface area (Å²) in [6.07, 6.45) is 7.79. The van der Waals surface area contributed by atoms with Crippen molar-refractivity contribution in [3.63, 3.8) is 0 Å². The maximum Gasteiger partial charge on any atom is -0.0349 e. The molecule has 5 atom stereocenters. The highest BCUT2D eigenvalue weighted by Crippen LogP contribution is 2.68. The Morgan fingerprint density at radius 1 is 0.929 bits per heavy atom. The Morgan fingerprint density at radius 3 is 2.29 bits per heavy atom. The molecule has 80 valence electrons. The zero-order chi connectivity index (χ0) is 9.92. The van der Waals surface area contributed by atoms with Crippen LogP contribution in [0.1, 0.15) is 52.9 Å². The molecule has 0 N–H and O–H groups in total. The van der Waals surface area contributed by atoms with Crippen LogP contribution < -0.4 is 0 Å². The summed E-state index contributed by atoms with van der Waals surface area (Å²) in [5.74, 6) is 5.90. The van der Waals surface area contributed by atoms with E-state index in [9.17, 15) is 0 Å². The lowest BCUT2D eigenvalue weighted by Crippen LogP contribution is -2.16. The molecule has 3 rings (SSSR count). The van der Waals surface area contributed by atoms with Gasteiger partial charge in [-0.3, -0.25) is 0 Å². The average molecular weight is 192 g/mol. The number of rotatable bonds is 2. The highest BCUT2D eigenvalue weighted by Gasteiger charge is 2.60. The third-order valence-electron chi connectivity index (χ3n) is 5.10. The molecule has 3 saturated carbocycles. The van der Waals surface area contributed by atoms with E-state index in [2.05, 4.69) is 20.8 Å². The van der Waals surface area contributed by atoms with Crippen LogP contribution >= 0.6 is 0 Å². The first-order valence-corrected chi connectivity index (χ1v) is 6.54. The predicted octanol–water partition coefficient (Wildman–Crippen LogP) is 4.10. The van der Waals surface area contributed by atoms with Crippen LogP contribution in [0.3, 0.4) is 0 Å². The normalized spacial score (nSPS) is 49.5. The van der Waals surface area contributed by atoms with Gasteiger partial charge in [0.05, 0.1) is 0 Å². The van der Waals surface area contributed by atoms with Gasteiger partial charge >= 0.3 is 0 Å². The quantitative estimate of drug-likeness (QED) is 0.618. The second kappa shape index (κ2) is 2.77. The second-order valence-electron chi connectivity index (χ2n) is 7.32. The molecule has 0 spiro atoms. The molecule has 3 aliphatic carbocycles. The van der Waals surface area contributed by atoms with E-state index in [1.807, 2.05) is 0 Å². The molecule has 0 saturated heterocycles. The van der Waals surface area contributed by atoms with E-state index in [1.165, 1.54) is 36.5 Å². The third kappa shape index (κ3) is 1.42. The lowest BCUT2D eigenvalue weighted by Gasteiger charge is -2.25. The highest BCUT2D eigenvalue weighted by molar-refractivity contribution is 5.09. The van der Waals surface area contributed by atoms with Crippen molar-refractivity contribution in [3.8, 4) is 0 Å². The number of fused-ring (bicyclic) bond motifs is 5. The lowest BCUT2D eigenvalue weighted by atomic mass is 9.80. The summed E-state index contributed by atoms with van der Waals surface area (Å²) >= 11 is 0. The van der Waals surface area contributed by atoms with Gasteiger partial charge in [-0.1, -0.05) is 20.8 Å². The van der Waals surface area contributed by atoms with Gasteiger partial charge in [0.2, 0.25) is 0 Å². The van der Waals surface area contributed by atoms with E-state index >= 15 is 0 Å². The number of hydrogen-bond donors (Lipinski definition) is 0. The van der Waals surface area contributed by atoms with Crippen molar-refractivity contribution in [2.75, 3.05) is 0 Å². The van der Waals surface area contributed by atoms with Gasteiger partial charge in [-0.2, -0.15) is 0 Å². The summed E-state index contributed by atoms with van der Waals surface area (Å²) in [4.78, 5) is 0. The predicted molar refractivity (Wildman–Crippen MR) is 60.0 cm³/mol. The van der Waals surface area contributed by atoms with Crippen LogP contribution in [0.15, 0.2) is 0 Å². The van der Waals surface area contributed by atoms with Crippen LogP contribution in [-0.2, 0) is 0 Å². The molecule has 5 unspecified atom stereocenters. The average Bonchev–Trinajstić information content (AvgIpc) is 2.69. The Balaban J connectivity index is 1.56. The summed E-state index contributed by atoms with van der Waals surface area (Å²) in [5.41, 5.74) is 0.560. The summed E-state index contributed by atoms with van der Waals surface area (Å²) in [6, 6.07) is 0. The molecule has 0 heteroatoms. The standard InChI is InChI=1S/C14H24/c1-14(2,3)5-4-9-6-10-7-11(9)13-8-12(10)13/h9-13H,4-8H2,1-3H3. The lowest BCUT2D eigenvalue weighted by molar-refractivity contribution is 0.249. The Hall–Kier alpha value is 0. The minimum atomic E-state index is 0.560. The molecule has 0 nitrogen and oxygen atoms in total. The van der Waals surface area contributed by atoms with Gasteiger partial charge in [-0.05, 0) is 67.1 Å². The van der Waals surface area contributed by atoms with Gasteiger partial charge in [0.15, 0.2) is 0 Å². The Kier molecular flexibility index (Phi) is 1.83. The maximum absolute atomic E-state index is 2.39. The third-order valence-corrected chi connectivity index (χ3v) is 5.10. The SMILES string of the molecule is CC(C)(C)CCC1CC2CC1C1CC21. The summed E-state index contributed by atoms with van der Waals surface area (Å²) in [7, 11) is 0. The van der Waals surface area contributed by atoms with E-state index in [0.717, 1.165) is 5.92 Å². The van der Waals surface area contributed by atoms with Crippen LogP contribution in [0.5, 0.6) is 0 Å². The molecular formula is C14H24. The highest BCUT2D eigenvalue weighted by atomic mass is 14.6. The van der Waals surface area contributed by atoms with Crippen LogP contribution in [0.25, 0.3) is 0 Å². The zero-order valence-electron chi connectivity index (χ0n) is 9.92. The van der Waals surface area contributed by atoms with E-state index in [0.29, 0.717) is 5.41 Å². The summed E-state index contributed by atoms with van der Waals surface area (Å²) in [6.45, 7) is 7.17. The van der Waals surface area contributed by atoms with Gasteiger partial charge in [0.1, 0.15) is 0 Å². The molecule has 0 radical (unpaired) electrons. The van der Waals surface area contributed by atoms with Crippen LogP contribution in [-0.4, -0.2) is 0 Å². The molecule has 2 bridgehead atoms. The van der Waals surface area contributed by atoms with Crippen molar-refractivity contribution in [2.24, 2.45) is 35.0 Å². The molecule has 0 amide bonds. The first kappa shape index (κ1) is 9.24. The molecule has 3 aliphatic rings. The van der Waals surface area contributed by atoms with Gasteiger partial charge in [-0.25, -0.2) is 0 Å². The fourth-order valence-corrected chi connectivity index (χ4v) is 4.30. The van der Waals surface area contributed by atoms with Gasteiger partial charge in [-0.15, -0.1) is 0 Å². The molecule has 0 heterocycles. The van der Waals surface area contributed by atoms with E-state index in [4.69, 9.17) is 0 Å². The van der Waals surface area contributed by atoms with Gasteiger partial charge in [0, 0.05) is 0 Å². The van der Waals surface area contributed by atoms with Gasteiger partial charge < -0.3 is 0 Å². The minimum Gasteiger partial charge on any atom is -0.0602 e. The molecule has 0 aromatic rings. The molecule has 0 aliphatic heterocycles. The van der Waals surface area contributed by atoms with Crippen LogP contribution in [0, 0.1) is 35.0 Å². The largest absolute Gasteiger partial charge is 0.0602 e. The van der Waals surface area contributed by atoms with Crippen molar-refractivity contribution in [1.82, 2.24) is 0 Å². The fraction of sp³-hybridized carbons (Fsp3) is 1.00. The minimum absolute atomic E-state index is 0.560. The molecule has 0 aromatic heterocycles. The summed E-state index contributed by atoms with van der Waals surface area (Å²) in [5, 5.41) is 0. The molecule has 3 fully saturated rings. The topological polar surface area (TPSA) is 0 Å². The smallest absolute Gasteiger partial charge is 0.0349 e. The Morgan fingerprint density at radius 2 is 1.71 bits per heavy atom. The molecule has 0 aromatic carbocycles. The van der Waals surface area contributed by atoms with Crippen LogP contribution in [0.4, 0.5) is 0 Å². The van der Waals surface area contributed by atoms with Gasteiger partial charge in [0.25, 0.3) is 0 Å². The van der Waals surface area contributed by atoms with E-state index < -0.39 is 0 Å².